The van der Waals surface area contributed by atoms with Crippen molar-refractivity contribution in [1.82, 2.24) is 10.2 Å². The van der Waals surface area contributed by atoms with Crippen molar-refractivity contribution in [1.29, 1.82) is 0 Å². The zero-order valence-electron chi connectivity index (χ0n) is 9.36. The second-order valence-electron chi connectivity index (χ2n) is 3.51. The van der Waals surface area contributed by atoms with Gasteiger partial charge in [-0.1, -0.05) is 20.3 Å². The third-order valence-electron chi connectivity index (χ3n) is 2.27. The number of carbonyl (C=O) groups is 1. The van der Waals surface area contributed by atoms with E-state index < -0.39 is 0 Å². The first kappa shape index (κ1) is 11.6. The van der Waals surface area contributed by atoms with E-state index in [-0.39, 0.29) is 11.7 Å². The fraction of sp³-hybridized carbons (Fsp3) is 0.545. The maximum atomic E-state index is 11.8. The molecule has 0 N–H and O–H groups in total. The number of nitrogens with zero attached hydrogens (tertiary/aromatic N) is 2. The van der Waals surface area contributed by atoms with Crippen LogP contribution < -0.4 is 4.74 Å². The van der Waals surface area contributed by atoms with Gasteiger partial charge < -0.3 is 4.74 Å². The number of methoxy groups -OCH3 is 1. The van der Waals surface area contributed by atoms with E-state index in [9.17, 15) is 4.79 Å². The zero-order valence-corrected chi connectivity index (χ0v) is 9.36. The molecule has 0 aromatic carbocycles. The third kappa shape index (κ3) is 3.01. The van der Waals surface area contributed by atoms with Crippen LogP contribution in [0.15, 0.2) is 12.1 Å². The summed E-state index contributed by atoms with van der Waals surface area (Å²) in [6, 6.07) is 3.30. The standard InChI is InChI=1S/C11H16N2O2/c1-4-5-8(2)11(14)9-6-7-10(15-3)13-12-9/h6-8H,4-5H2,1-3H3. The molecule has 0 aliphatic heterocycles. The van der Waals surface area contributed by atoms with Gasteiger partial charge in [0.25, 0.3) is 0 Å². The van der Waals surface area contributed by atoms with E-state index in [1.165, 1.54) is 7.11 Å². The first-order valence-corrected chi connectivity index (χ1v) is 5.11. The van der Waals surface area contributed by atoms with Gasteiger partial charge in [-0.3, -0.25) is 4.79 Å². The molecule has 0 bridgehead atoms. The van der Waals surface area contributed by atoms with Gasteiger partial charge in [0, 0.05) is 12.0 Å². The zero-order chi connectivity index (χ0) is 11.3. The number of aromatic nitrogens is 2. The van der Waals surface area contributed by atoms with Gasteiger partial charge in [0.05, 0.1) is 7.11 Å². The number of hydrogen-bond donors (Lipinski definition) is 0. The molecule has 15 heavy (non-hydrogen) atoms. The minimum atomic E-state index is 0.0118. The van der Waals surface area contributed by atoms with E-state index in [1.807, 2.05) is 6.92 Å². The van der Waals surface area contributed by atoms with Crippen LogP contribution in [0, 0.1) is 5.92 Å². The van der Waals surface area contributed by atoms with E-state index in [4.69, 9.17) is 4.74 Å². The fourth-order valence-electron chi connectivity index (χ4n) is 1.38. The van der Waals surface area contributed by atoms with E-state index in [1.54, 1.807) is 12.1 Å². The van der Waals surface area contributed by atoms with Crippen molar-refractivity contribution in [3.05, 3.63) is 17.8 Å². The summed E-state index contributed by atoms with van der Waals surface area (Å²) in [7, 11) is 1.52. The lowest BCUT2D eigenvalue weighted by Crippen LogP contribution is -2.13. The summed E-state index contributed by atoms with van der Waals surface area (Å²) in [4.78, 5) is 11.8. The molecule has 0 saturated carbocycles. The van der Waals surface area contributed by atoms with Crippen molar-refractivity contribution in [2.24, 2.45) is 5.92 Å². The molecule has 1 atom stereocenters. The maximum absolute atomic E-state index is 11.8. The van der Waals surface area contributed by atoms with Gasteiger partial charge in [0.2, 0.25) is 5.88 Å². The van der Waals surface area contributed by atoms with Crippen LogP contribution in [0.1, 0.15) is 37.2 Å². The molecule has 1 rings (SSSR count). The summed E-state index contributed by atoms with van der Waals surface area (Å²) < 4.78 is 4.87. The van der Waals surface area contributed by atoms with Gasteiger partial charge in [0.1, 0.15) is 5.69 Å². The van der Waals surface area contributed by atoms with Gasteiger partial charge in [-0.05, 0) is 12.5 Å². The number of Topliss-reactive ketones (excluding diaryl/α,β-unsaturated/α-hetero) is 1. The average molecular weight is 208 g/mol. The van der Waals surface area contributed by atoms with Crippen molar-refractivity contribution in [3.8, 4) is 5.88 Å². The summed E-state index contributed by atoms with van der Waals surface area (Å²) >= 11 is 0. The van der Waals surface area contributed by atoms with Crippen LogP contribution in [0.5, 0.6) is 5.88 Å². The Morgan fingerprint density at radius 2 is 2.20 bits per heavy atom. The van der Waals surface area contributed by atoms with Crippen molar-refractivity contribution in [2.45, 2.75) is 26.7 Å². The second-order valence-corrected chi connectivity index (χ2v) is 3.51. The topological polar surface area (TPSA) is 52.1 Å². The molecular formula is C11H16N2O2. The van der Waals surface area contributed by atoms with Crippen molar-refractivity contribution < 1.29 is 9.53 Å². The number of rotatable bonds is 5. The molecule has 1 aromatic heterocycles. The highest BCUT2D eigenvalue weighted by Gasteiger charge is 2.15. The first-order valence-electron chi connectivity index (χ1n) is 5.11. The van der Waals surface area contributed by atoms with Crippen molar-refractivity contribution in [2.75, 3.05) is 7.11 Å². The normalized spacial score (nSPS) is 12.2. The van der Waals surface area contributed by atoms with Gasteiger partial charge in [-0.25, -0.2) is 0 Å². The lowest BCUT2D eigenvalue weighted by atomic mass is 9.99. The van der Waals surface area contributed by atoms with Gasteiger partial charge >= 0.3 is 0 Å². The Balaban J connectivity index is 2.73. The fourth-order valence-corrected chi connectivity index (χ4v) is 1.38. The molecule has 82 valence electrons. The largest absolute Gasteiger partial charge is 0.480 e. The van der Waals surface area contributed by atoms with Crippen LogP contribution in [0.2, 0.25) is 0 Å². The molecule has 0 spiro atoms. The quantitative estimate of drug-likeness (QED) is 0.695. The number of carbonyl (C=O) groups excluding carboxylic acids is 1. The Hall–Kier alpha value is -1.45. The molecule has 0 amide bonds. The van der Waals surface area contributed by atoms with Gasteiger partial charge in [0.15, 0.2) is 5.78 Å². The van der Waals surface area contributed by atoms with Crippen LogP contribution in [-0.4, -0.2) is 23.1 Å². The van der Waals surface area contributed by atoms with Crippen LogP contribution in [-0.2, 0) is 0 Å². The summed E-state index contributed by atoms with van der Waals surface area (Å²) in [5.74, 6) is 0.486. The summed E-state index contributed by atoms with van der Waals surface area (Å²) in [5, 5.41) is 7.60. The van der Waals surface area contributed by atoms with Crippen LogP contribution in [0.3, 0.4) is 0 Å². The molecule has 0 radical (unpaired) electrons. The average Bonchev–Trinajstić information content (AvgIpc) is 2.28. The Kier molecular flexibility index (Phi) is 4.21. The van der Waals surface area contributed by atoms with E-state index in [2.05, 4.69) is 17.1 Å². The lowest BCUT2D eigenvalue weighted by Gasteiger charge is -2.07. The van der Waals surface area contributed by atoms with Crippen molar-refractivity contribution >= 4 is 5.78 Å². The third-order valence-corrected chi connectivity index (χ3v) is 2.27. The summed E-state index contributed by atoms with van der Waals surface area (Å²) in [5.41, 5.74) is 0.414. The molecule has 0 aliphatic carbocycles. The number of ketones is 1. The molecule has 4 nitrogen and oxygen atoms in total. The predicted octanol–water partition coefficient (Wildman–Crippen LogP) is 2.10. The minimum absolute atomic E-state index is 0.0118. The van der Waals surface area contributed by atoms with Gasteiger partial charge in [-0.2, -0.15) is 0 Å². The molecule has 0 saturated heterocycles. The SMILES string of the molecule is CCCC(C)C(=O)c1ccc(OC)nn1. The highest BCUT2D eigenvalue weighted by atomic mass is 16.5. The highest BCUT2D eigenvalue weighted by Crippen LogP contribution is 2.12. The van der Waals surface area contributed by atoms with Crippen molar-refractivity contribution in [3.63, 3.8) is 0 Å². The number of ether oxygens (including phenoxy) is 1. The second kappa shape index (κ2) is 5.44. The molecule has 0 fully saturated rings. The first-order chi connectivity index (χ1) is 7.19. The van der Waals surface area contributed by atoms with Crippen LogP contribution in [0.25, 0.3) is 0 Å². The Morgan fingerprint density at radius 1 is 1.47 bits per heavy atom. The number of hydrogen-bond acceptors (Lipinski definition) is 4. The molecule has 0 aliphatic rings. The molecular weight excluding hydrogens is 192 g/mol. The smallest absolute Gasteiger partial charge is 0.233 e. The van der Waals surface area contributed by atoms with Crippen LogP contribution >= 0.6 is 0 Å². The van der Waals surface area contributed by atoms with Crippen LogP contribution in [0.4, 0.5) is 0 Å². The summed E-state index contributed by atoms with van der Waals surface area (Å²) in [6.45, 7) is 3.97. The van der Waals surface area contributed by atoms with Gasteiger partial charge in [-0.15, -0.1) is 10.2 Å². The molecule has 4 heteroatoms. The molecule has 1 unspecified atom stereocenters. The minimum Gasteiger partial charge on any atom is -0.480 e. The molecule has 1 aromatic rings. The van der Waals surface area contributed by atoms with E-state index in [0.29, 0.717) is 11.6 Å². The highest BCUT2D eigenvalue weighted by molar-refractivity contribution is 5.95. The Labute approximate surface area is 89.7 Å². The maximum Gasteiger partial charge on any atom is 0.233 e. The Bertz CT molecular complexity index is 322. The Morgan fingerprint density at radius 3 is 2.67 bits per heavy atom. The van der Waals surface area contributed by atoms with E-state index in [0.717, 1.165) is 12.8 Å². The lowest BCUT2D eigenvalue weighted by molar-refractivity contribution is 0.0917. The predicted molar refractivity (Wildman–Crippen MR) is 57.0 cm³/mol. The monoisotopic (exact) mass is 208 g/mol. The molecule has 1 heterocycles. The summed E-state index contributed by atoms with van der Waals surface area (Å²) in [6.07, 6.45) is 1.88. The van der Waals surface area contributed by atoms with E-state index >= 15 is 0 Å².